The third-order valence-corrected chi connectivity index (χ3v) is 1.99. The van der Waals surface area contributed by atoms with Gasteiger partial charge in [0.05, 0.1) is 20.0 Å². The second-order valence-electron chi connectivity index (χ2n) is 3.41. The van der Waals surface area contributed by atoms with E-state index in [-0.39, 0.29) is 9.58 Å². The molecule has 0 aliphatic rings. The van der Waals surface area contributed by atoms with Crippen molar-refractivity contribution in [3.05, 3.63) is 40.5 Å². The summed E-state index contributed by atoms with van der Waals surface area (Å²) in [5.74, 6) is -4.86. The monoisotopic (exact) mass is 344 g/mol. The number of rotatable bonds is 6. The van der Waals surface area contributed by atoms with Crippen LogP contribution in [0.5, 0.6) is 0 Å². The lowest BCUT2D eigenvalue weighted by Gasteiger charge is -1.87. The molecule has 0 aliphatic carbocycles. The van der Waals surface area contributed by atoms with Crippen LogP contribution in [0, 0.1) is 40.5 Å². The molecule has 20 heteroatoms. The van der Waals surface area contributed by atoms with Gasteiger partial charge in [0.1, 0.15) is 10.2 Å². The minimum Gasteiger partial charge on any atom is -0.390 e. The molecule has 0 aromatic carbocycles. The van der Waals surface area contributed by atoms with Gasteiger partial charge >= 0.3 is 23.8 Å². The van der Waals surface area contributed by atoms with E-state index in [1.54, 1.807) is 0 Å². The lowest BCUT2D eigenvalue weighted by Crippen LogP contribution is -2.03. The zero-order valence-electron chi connectivity index (χ0n) is 10.6. The summed E-state index contributed by atoms with van der Waals surface area (Å²) in [7, 11) is 0. The van der Waals surface area contributed by atoms with Gasteiger partial charge in [-0.25, -0.2) is 0 Å². The van der Waals surface area contributed by atoms with Gasteiger partial charge in [-0.2, -0.15) is 0 Å². The van der Waals surface area contributed by atoms with Crippen molar-refractivity contribution in [2.24, 2.45) is 10.4 Å². The lowest BCUT2D eigenvalue weighted by molar-refractivity contribution is -0.404. The summed E-state index contributed by atoms with van der Waals surface area (Å²) in [6.07, 6.45) is 0. The van der Waals surface area contributed by atoms with E-state index in [2.05, 4.69) is 30.6 Å². The van der Waals surface area contributed by atoms with Gasteiger partial charge in [0, 0.05) is 9.97 Å². The molecule has 0 saturated heterocycles. The Balaban J connectivity index is 2.48. The molecule has 0 saturated carbocycles. The molecule has 0 spiro atoms. The van der Waals surface area contributed by atoms with Crippen molar-refractivity contribution >= 4 is 23.8 Å². The third kappa shape index (κ3) is 2.90. The van der Waals surface area contributed by atoms with E-state index in [1.165, 1.54) is 0 Å². The van der Waals surface area contributed by atoms with Crippen molar-refractivity contribution in [1.29, 1.82) is 0 Å². The quantitative estimate of drug-likeness (QED) is 0.353. The molecule has 2 aromatic rings. The number of aromatic nitrogens is 6. The number of nitrogens with zero attached hydrogens (tertiary/aromatic N) is 12. The largest absolute Gasteiger partial charge is 0.511 e. The summed E-state index contributed by atoms with van der Waals surface area (Å²) in [6, 6.07) is 0. The van der Waals surface area contributed by atoms with Gasteiger partial charge in [-0.05, 0) is 19.7 Å². The lowest BCUT2D eigenvalue weighted by atomic mass is 11.0. The first-order chi connectivity index (χ1) is 11.2. The van der Waals surface area contributed by atoms with Crippen LogP contribution >= 0.6 is 0 Å². The normalized spacial score (nSPS) is 10.8. The fraction of sp³-hybridized carbons (Fsp3) is 0. The van der Waals surface area contributed by atoms with Crippen molar-refractivity contribution in [3.8, 4) is 0 Å². The van der Waals surface area contributed by atoms with Gasteiger partial charge in [0.25, 0.3) is 0 Å². The minimum atomic E-state index is -1.23. The van der Waals surface area contributed by atoms with E-state index in [9.17, 15) is 40.5 Å². The molecule has 124 valence electrons. The topological polar surface area (TPSA) is 259 Å². The first-order valence-corrected chi connectivity index (χ1v) is 5.14. The van der Waals surface area contributed by atoms with Crippen molar-refractivity contribution in [3.63, 3.8) is 0 Å². The highest BCUT2D eigenvalue weighted by Gasteiger charge is 2.32. The summed E-state index contributed by atoms with van der Waals surface area (Å²) in [5, 5.41) is 54.2. The molecule has 0 fully saturated rings. The fourth-order valence-corrected chi connectivity index (χ4v) is 1.15. The van der Waals surface area contributed by atoms with E-state index >= 15 is 0 Å². The predicted molar refractivity (Wildman–Crippen MR) is 62.3 cm³/mol. The first-order valence-electron chi connectivity index (χ1n) is 5.14. The van der Waals surface area contributed by atoms with Crippen LogP contribution in [-0.4, -0.2) is 49.4 Å². The second-order valence-corrected chi connectivity index (χ2v) is 3.41. The fourth-order valence-electron chi connectivity index (χ4n) is 1.15. The zero-order valence-corrected chi connectivity index (χ0v) is 10.6. The van der Waals surface area contributed by atoms with Gasteiger partial charge < -0.3 is 40.5 Å². The molecule has 0 unspecified atom stereocenters. The smallest absolute Gasteiger partial charge is 0.390 e. The van der Waals surface area contributed by atoms with Crippen LogP contribution in [0.3, 0.4) is 0 Å². The van der Waals surface area contributed by atoms with Gasteiger partial charge in [0.2, 0.25) is 0 Å². The van der Waals surface area contributed by atoms with Crippen molar-refractivity contribution in [2.45, 2.75) is 0 Å². The molecule has 2 heterocycles. The highest BCUT2D eigenvalue weighted by atomic mass is 16.6. The Kier molecular flexibility index (Phi) is 3.77. The van der Waals surface area contributed by atoms with Crippen LogP contribution in [0.2, 0.25) is 0 Å². The van der Waals surface area contributed by atoms with E-state index in [0.29, 0.717) is 0 Å². The van der Waals surface area contributed by atoms with Gasteiger partial charge in [-0.15, -0.1) is 0 Å². The van der Waals surface area contributed by atoms with Crippen LogP contribution in [0.25, 0.3) is 0 Å². The number of hydrogen-bond acceptors (Lipinski definition) is 14. The molecule has 0 radical (unpaired) electrons. The van der Waals surface area contributed by atoms with Gasteiger partial charge in [-0.1, -0.05) is 0 Å². The average Bonchev–Trinajstić information content (AvgIpc) is 3.09. The molecule has 24 heavy (non-hydrogen) atoms. The molecular formula is C4N12O8. The summed E-state index contributed by atoms with van der Waals surface area (Å²) in [6.45, 7) is 0. The van der Waals surface area contributed by atoms with Crippen LogP contribution in [0.15, 0.2) is 10.4 Å². The average molecular weight is 344 g/mol. The summed E-state index contributed by atoms with van der Waals surface area (Å²) < 4.78 is 0. The maximum absolute atomic E-state index is 10.7. The van der Waals surface area contributed by atoms with E-state index in [4.69, 9.17) is 0 Å². The molecule has 0 aliphatic heterocycles. The van der Waals surface area contributed by atoms with Crippen molar-refractivity contribution in [2.75, 3.05) is 0 Å². The van der Waals surface area contributed by atoms with E-state index < -0.39 is 43.5 Å². The Bertz CT molecular complexity index is 819. The van der Waals surface area contributed by atoms with Crippen molar-refractivity contribution in [1.82, 2.24) is 29.7 Å². The molecule has 0 atom stereocenters. The van der Waals surface area contributed by atoms with E-state index in [1.807, 2.05) is 0 Å². The Hall–Kier alpha value is -4.52. The maximum atomic E-state index is 10.7. The second kappa shape index (κ2) is 5.70. The number of hydrogen-bond donors (Lipinski definition) is 0. The van der Waals surface area contributed by atoms with Crippen molar-refractivity contribution < 1.29 is 19.7 Å². The molecule has 2 aromatic heterocycles. The number of nitro groups is 4. The predicted octanol–water partition coefficient (Wildman–Crippen LogP) is -0.819. The van der Waals surface area contributed by atoms with Gasteiger partial charge in [-0.3, -0.25) is 0 Å². The van der Waals surface area contributed by atoms with Crippen LogP contribution < -0.4 is 0 Å². The molecule has 0 N–H and O–H groups in total. The Morgan fingerprint density at radius 1 is 0.667 bits per heavy atom. The minimum absolute atomic E-state index is 0.0324. The highest BCUT2D eigenvalue weighted by molar-refractivity contribution is 5.14. The summed E-state index contributed by atoms with van der Waals surface area (Å²) >= 11 is 0. The molecule has 2 rings (SSSR count). The van der Waals surface area contributed by atoms with Crippen LogP contribution in [-0.2, 0) is 0 Å². The molecule has 0 bridgehead atoms. The summed E-state index contributed by atoms with van der Waals surface area (Å²) in [4.78, 5) is 43.3. The Labute approximate surface area is 125 Å². The Morgan fingerprint density at radius 2 is 1.00 bits per heavy atom. The highest BCUT2D eigenvalue weighted by Crippen LogP contribution is 2.15. The molecule has 20 nitrogen and oxygen atoms in total. The zero-order chi connectivity index (χ0) is 18.0. The third-order valence-electron chi connectivity index (χ3n) is 1.99. The molecular weight excluding hydrogens is 344 g/mol. The SMILES string of the molecule is O=[N+]([O-])c1nc([N+](=O)[O-])n(N=Nn2nc([N+](=O)[O-])nc2[N+](=O)[O-])n1. The van der Waals surface area contributed by atoms with Gasteiger partial charge in [0.15, 0.2) is 0 Å². The Morgan fingerprint density at radius 3 is 1.25 bits per heavy atom. The first kappa shape index (κ1) is 15.9. The van der Waals surface area contributed by atoms with Crippen LogP contribution in [0.1, 0.15) is 0 Å². The maximum Gasteiger partial charge on any atom is 0.511 e. The van der Waals surface area contributed by atoms with E-state index in [0.717, 1.165) is 0 Å². The standard InChI is InChI=1S/C4N12O8/c17-13(18)1-5-3(15(21)22)11(7-1)9-10-12-4(16(23)24)6-2(8-12)14(19)20. The molecule has 0 amide bonds. The van der Waals surface area contributed by atoms with Crippen LogP contribution in [0.4, 0.5) is 23.8 Å². The summed E-state index contributed by atoms with van der Waals surface area (Å²) in [5.41, 5.74) is 0.